The van der Waals surface area contributed by atoms with Crippen molar-refractivity contribution in [2.24, 2.45) is 0 Å². The number of carbonyl (C=O) groups excluding carboxylic acids is 1. The van der Waals surface area contributed by atoms with E-state index in [9.17, 15) is 17.6 Å². The van der Waals surface area contributed by atoms with E-state index in [1.807, 2.05) is 0 Å². The van der Waals surface area contributed by atoms with Crippen molar-refractivity contribution in [3.05, 3.63) is 53.9 Å². The highest BCUT2D eigenvalue weighted by Crippen LogP contribution is 2.20. The normalized spacial score (nSPS) is 16.0. The molecule has 0 saturated carbocycles. The number of aromatic nitrogens is 2. The highest BCUT2D eigenvalue weighted by molar-refractivity contribution is 7.89. The summed E-state index contributed by atoms with van der Waals surface area (Å²) in [5.41, 5.74) is 0.924. The Morgan fingerprint density at radius 1 is 1.08 bits per heavy atom. The van der Waals surface area contributed by atoms with Crippen LogP contribution < -0.4 is 0 Å². The van der Waals surface area contributed by atoms with Crippen molar-refractivity contribution in [2.75, 3.05) is 26.2 Å². The number of aryl methyl sites for hydroxylation is 1. The van der Waals surface area contributed by atoms with Gasteiger partial charge in [0.2, 0.25) is 10.0 Å². The molecule has 0 radical (unpaired) electrons. The summed E-state index contributed by atoms with van der Waals surface area (Å²) in [5.74, 6) is -1.08. The molecule has 0 spiro atoms. The topological polar surface area (TPSA) is 83.5 Å². The number of halogens is 1. The lowest BCUT2D eigenvalue weighted by Gasteiger charge is -2.33. The molecule has 25 heavy (non-hydrogen) atoms. The van der Waals surface area contributed by atoms with E-state index in [-0.39, 0.29) is 42.7 Å². The van der Waals surface area contributed by atoms with Crippen molar-refractivity contribution in [3.8, 4) is 0 Å². The van der Waals surface area contributed by atoms with Gasteiger partial charge in [-0.1, -0.05) is 12.1 Å². The molecule has 1 aliphatic heterocycles. The lowest BCUT2D eigenvalue weighted by atomic mass is 10.3. The quantitative estimate of drug-likeness (QED) is 0.814. The summed E-state index contributed by atoms with van der Waals surface area (Å²) in [7, 11) is -3.92. The Labute approximate surface area is 145 Å². The van der Waals surface area contributed by atoms with Crippen molar-refractivity contribution in [2.45, 2.75) is 11.8 Å². The zero-order valence-corrected chi connectivity index (χ0v) is 14.4. The first kappa shape index (κ1) is 17.4. The SMILES string of the molecule is Cc1cnc(C(=O)N2CCN(S(=O)(=O)c3ccccc3F)CC2)cn1. The minimum absolute atomic E-state index is 0.0989. The third-order valence-electron chi connectivity index (χ3n) is 3.98. The van der Waals surface area contributed by atoms with Crippen LogP contribution in [0.2, 0.25) is 0 Å². The van der Waals surface area contributed by atoms with E-state index in [2.05, 4.69) is 9.97 Å². The molecule has 132 valence electrons. The van der Waals surface area contributed by atoms with Crippen molar-refractivity contribution in [3.63, 3.8) is 0 Å². The van der Waals surface area contributed by atoms with Gasteiger partial charge < -0.3 is 4.90 Å². The average molecular weight is 364 g/mol. The number of amides is 1. The molecule has 1 aromatic heterocycles. The standard InChI is InChI=1S/C16H17FN4O3S/c1-12-10-19-14(11-18-12)16(22)20-6-8-21(9-7-20)25(23,24)15-5-3-2-4-13(15)17/h2-5,10-11H,6-9H2,1H3. The number of rotatable bonds is 3. The number of hydrogen-bond acceptors (Lipinski definition) is 5. The summed E-state index contributed by atoms with van der Waals surface area (Å²) in [6.45, 7) is 2.39. The second-order valence-electron chi connectivity index (χ2n) is 5.67. The molecular formula is C16H17FN4O3S. The summed E-state index contributed by atoms with van der Waals surface area (Å²) < 4.78 is 40.1. The molecule has 0 bridgehead atoms. The number of hydrogen-bond donors (Lipinski definition) is 0. The number of benzene rings is 1. The van der Waals surface area contributed by atoms with Crippen LogP contribution in [0.25, 0.3) is 0 Å². The molecule has 1 aliphatic rings. The van der Waals surface area contributed by atoms with Crippen LogP contribution in [0.15, 0.2) is 41.6 Å². The molecule has 1 amide bonds. The number of piperazine rings is 1. The Morgan fingerprint density at radius 3 is 2.36 bits per heavy atom. The van der Waals surface area contributed by atoms with Gasteiger partial charge in [-0.05, 0) is 19.1 Å². The van der Waals surface area contributed by atoms with E-state index >= 15 is 0 Å². The van der Waals surface area contributed by atoms with Gasteiger partial charge in [0.15, 0.2) is 0 Å². The van der Waals surface area contributed by atoms with Crippen molar-refractivity contribution >= 4 is 15.9 Å². The summed E-state index contributed by atoms with van der Waals surface area (Å²) in [6, 6.07) is 5.27. The van der Waals surface area contributed by atoms with Crippen LogP contribution in [0.4, 0.5) is 4.39 Å². The molecule has 1 fully saturated rings. The molecule has 7 nitrogen and oxygen atoms in total. The second kappa shape index (κ2) is 6.85. The van der Waals surface area contributed by atoms with Gasteiger partial charge in [0, 0.05) is 32.4 Å². The fourth-order valence-electron chi connectivity index (χ4n) is 2.59. The molecule has 0 unspecified atom stereocenters. The minimum atomic E-state index is -3.92. The van der Waals surface area contributed by atoms with E-state index in [0.29, 0.717) is 5.69 Å². The summed E-state index contributed by atoms with van der Waals surface area (Å²) in [4.78, 5) is 21.6. The maximum atomic E-state index is 13.8. The van der Waals surface area contributed by atoms with Crippen molar-refractivity contribution < 1.29 is 17.6 Å². The van der Waals surface area contributed by atoms with Gasteiger partial charge >= 0.3 is 0 Å². The van der Waals surface area contributed by atoms with E-state index < -0.39 is 15.8 Å². The van der Waals surface area contributed by atoms with Crippen LogP contribution in [-0.4, -0.2) is 59.7 Å². The Balaban J connectivity index is 1.70. The Bertz CT molecular complexity index is 879. The highest BCUT2D eigenvalue weighted by Gasteiger charge is 2.32. The van der Waals surface area contributed by atoms with Crippen LogP contribution in [0, 0.1) is 12.7 Å². The first-order valence-electron chi connectivity index (χ1n) is 7.72. The zero-order valence-electron chi connectivity index (χ0n) is 13.6. The van der Waals surface area contributed by atoms with Crippen LogP contribution in [-0.2, 0) is 10.0 Å². The lowest BCUT2D eigenvalue weighted by molar-refractivity contribution is 0.0691. The smallest absolute Gasteiger partial charge is 0.274 e. The maximum Gasteiger partial charge on any atom is 0.274 e. The summed E-state index contributed by atoms with van der Waals surface area (Å²) >= 11 is 0. The Kier molecular flexibility index (Phi) is 4.78. The Hall–Kier alpha value is -2.39. The zero-order chi connectivity index (χ0) is 18.0. The summed E-state index contributed by atoms with van der Waals surface area (Å²) in [6.07, 6.45) is 2.91. The van der Waals surface area contributed by atoms with Gasteiger partial charge in [-0.25, -0.2) is 17.8 Å². The number of nitrogens with zero attached hydrogens (tertiary/aromatic N) is 4. The first-order chi connectivity index (χ1) is 11.9. The molecule has 0 atom stereocenters. The number of carbonyl (C=O) groups is 1. The van der Waals surface area contributed by atoms with Crippen molar-refractivity contribution in [1.29, 1.82) is 0 Å². The third-order valence-corrected chi connectivity index (χ3v) is 5.91. The summed E-state index contributed by atoms with van der Waals surface area (Å²) in [5, 5.41) is 0. The molecule has 3 rings (SSSR count). The molecule has 1 aromatic carbocycles. The van der Waals surface area contributed by atoms with Gasteiger partial charge in [-0.3, -0.25) is 9.78 Å². The van der Waals surface area contributed by atoms with Crippen LogP contribution in [0.3, 0.4) is 0 Å². The van der Waals surface area contributed by atoms with Gasteiger partial charge in [0.05, 0.1) is 11.9 Å². The maximum absolute atomic E-state index is 13.8. The number of sulfonamides is 1. The first-order valence-corrected chi connectivity index (χ1v) is 9.16. The van der Waals surface area contributed by atoms with Crippen LogP contribution in [0.5, 0.6) is 0 Å². The van der Waals surface area contributed by atoms with E-state index in [4.69, 9.17) is 0 Å². The predicted octanol–water partition coefficient (Wildman–Crippen LogP) is 1.07. The van der Waals surface area contributed by atoms with Gasteiger partial charge in [-0.2, -0.15) is 4.31 Å². The van der Waals surface area contributed by atoms with Gasteiger partial charge in [0.25, 0.3) is 5.91 Å². The van der Waals surface area contributed by atoms with E-state index in [1.165, 1.54) is 39.8 Å². The fourth-order valence-corrected chi connectivity index (χ4v) is 4.08. The van der Waals surface area contributed by atoms with Crippen LogP contribution >= 0.6 is 0 Å². The van der Waals surface area contributed by atoms with Gasteiger partial charge in [-0.15, -0.1) is 0 Å². The molecule has 2 heterocycles. The lowest BCUT2D eigenvalue weighted by Crippen LogP contribution is -2.50. The van der Waals surface area contributed by atoms with Crippen LogP contribution in [0.1, 0.15) is 16.2 Å². The fraction of sp³-hybridized carbons (Fsp3) is 0.312. The molecule has 0 aliphatic carbocycles. The molecule has 1 saturated heterocycles. The molecule has 2 aromatic rings. The highest BCUT2D eigenvalue weighted by atomic mass is 32.2. The largest absolute Gasteiger partial charge is 0.335 e. The van der Waals surface area contributed by atoms with Gasteiger partial charge in [0.1, 0.15) is 16.4 Å². The molecule has 9 heteroatoms. The Morgan fingerprint density at radius 2 is 1.76 bits per heavy atom. The van der Waals surface area contributed by atoms with Crippen molar-refractivity contribution in [1.82, 2.24) is 19.2 Å². The monoisotopic (exact) mass is 364 g/mol. The molecular weight excluding hydrogens is 347 g/mol. The predicted molar refractivity (Wildman–Crippen MR) is 87.8 cm³/mol. The molecule has 0 N–H and O–H groups in total. The van der Waals surface area contributed by atoms with E-state index in [1.54, 1.807) is 6.92 Å². The third kappa shape index (κ3) is 3.52. The average Bonchev–Trinajstić information content (AvgIpc) is 2.62. The minimum Gasteiger partial charge on any atom is -0.335 e. The second-order valence-corrected chi connectivity index (χ2v) is 7.58. The van der Waals surface area contributed by atoms with E-state index in [0.717, 1.165) is 6.07 Å².